The average molecular weight is 375 g/mol. The lowest BCUT2D eigenvalue weighted by atomic mass is 9.79. The maximum absolute atomic E-state index is 14.2. The molecule has 1 spiro atoms. The molecule has 21 heavy (non-hydrogen) atoms. The lowest BCUT2D eigenvalue weighted by Gasteiger charge is -2.41. The Morgan fingerprint density at radius 2 is 2.38 bits per heavy atom. The fraction of sp³-hybridized carbons (Fsp3) is 0.600. The molecule has 2 saturated heterocycles. The van der Waals surface area contributed by atoms with Crippen LogP contribution in [0.25, 0.3) is 0 Å². The summed E-state index contributed by atoms with van der Waals surface area (Å²) in [5, 5.41) is 0. The van der Waals surface area contributed by atoms with Crippen LogP contribution in [0.3, 0.4) is 0 Å². The molecule has 2 aliphatic heterocycles. The van der Waals surface area contributed by atoms with Crippen molar-refractivity contribution in [2.45, 2.75) is 30.9 Å². The summed E-state index contributed by atoms with van der Waals surface area (Å²) in [4.78, 5) is 0. The van der Waals surface area contributed by atoms with Crippen LogP contribution in [0.5, 0.6) is 0 Å². The quantitative estimate of drug-likeness (QED) is 0.628. The first-order valence-corrected chi connectivity index (χ1v) is 9.21. The summed E-state index contributed by atoms with van der Waals surface area (Å²) in [6, 6.07) is 4.86. The molecule has 3 nitrogen and oxygen atoms in total. The topological polar surface area (TPSA) is 47.3 Å². The normalized spacial score (nSPS) is 30.7. The van der Waals surface area contributed by atoms with Gasteiger partial charge in [-0.3, -0.25) is 11.3 Å². The molecule has 3 unspecified atom stereocenters. The molecule has 3 N–H and O–H groups in total. The van der Waals surface area contributed by atoms with Crippen molar-refractivity contribution >= 4 is 27.7 Å². The molecular weight excluding hydrogens is 355 g/mol. The monoisotopic (exact) mass is 374 g/mol. The lowest BCUT2D eigenvalue weighted by Crippen LogP contribution is -2.45. The van der Waals surface area contributed by atoms with Crippen molar-refractivity contribution < 1.29 is 9.13 Å². The first kappa shape index (κ1) is 15.7. The molecule has 1 aromatic carbocycles. The van der Waals surface area contributed by atoms with Crippen LogP contribution in [0.1, 0.15) is 30.9 Å². The van der Waals surface area contributed by atoms with E-state index < -0.39 is 0 Å². The molecule has 0 aromatic heterocycles. The van der Waals surface area contributed by atoms with Gasteiger partial charge < -0.3 is 4.74 Å². The number of nitrogens with one attached hydrogen (secondary N) is 1. The number of halogens is 2. The van der Waals surface area contributed by atoms with Crippen molar-refractivity contribution in [1.29, 1.82) is 0 Å². The Morgan fingerprint density at radius 1 is 1.52 bits per heavy atom. The molecule has 0 amide bonds. The molecule has 0 bridgehead atoms. The smallest absolute Gasteiger partial charge is 0.128 e. The number of hydrazine groups is 1. The first-order chi connectivity index (χ1) is 10.1. The third kappa shape index (κ3) is 3.29. The molecule has 3 atom stereocenters. The fourth-order valence-electron chi connectivity index (χ4n) is 3.45. The molecule has 0 saturated carbocycles. The van der Waals surface area contributed by atoms with Gasteiger partial charge in [-0.1, -0.05) is 15.9 Å². The summed E-state index contributed by atoms with van der Waals surface area (Å²) < 4.78 is 21.1. The van der Waals surface area contributed by atoms with Gasteiger partial charge in [0.15, 0.2) is 0 Å². The zero-order valence-electron chi connectivity index (χ0n) is 11.8. The number of hydrogen-bond acceptors (Lipinski definition) is 4. The van der Waals surface area contributed by atoms with Gasteiger partial charge in [0, 0.05) is 22.4 Å². The average Bonchev–Trinajstić information content (AvgIpc) is 2.91. The fourth-order valence-corrected chi connectivity index (χ4v) is 5.20. The predicted molar refractivity (Wildman–Crippen MR) is 87.5 cm³/mol. The van der Waals surface area contributed by atoms with Crippen LogP contribution in [0.15, 0.2) is 22.7 Å². The van der Waals surface area contributed by atoms with Gasteiger partial charge in [0.05, 0.1) is 11.6 Å². The van der Waals surface area contributed by atoms with Crippen molar-refractivity contribution in [2.75, 3.05) is 18.1 Å². The lowest BCUT2D eigenvalue weighted by molar-refractivity contribution is -0.0856. The van der Waals surface area contributed by atoms with Crippen molar-refractivity contribution in [1.82, 2.24) is 5.43 Å². The highest BCUT2D eigenvalue weighted by atomic mass is 79.9. The number of ether oxygens (including phenoxy) is 1. The standard InChI is InChI=1S/C15H20BrFN2OS/c16-11-1-2-13(17)12(7-11)14(19-18)10-3-5-20-15(8-10)4-6-21-9-15/h1-2,7,10,14,19H,3-6,8-9,18H2. The van der Waals surface area contributed by atoms with E-state index in [0.29, 0.717) is 11.5 Å². The zero-order valence-corrected chi connectivity index (χ0v) is 14.2. The van der Waals surface area contributed by atoms with Gasteiger partial charge in [-0.15, -0.1) is 0 Å². The summed E-state index contributed by atoms with van der Waals surface area (Å²) in [6.07, 6.45) is 2.94. The van der Waals surface area contributed by atoms with Gasteiger partial charge in [-0.25, -0.2) is 4.39 Å². The molecule has 6 heteroatoms. The summed E-state index contributed by atoms with van der Waals surface area (Å²) in [7, 11) is 0. The second-order valence-electron chi connectivity index (χ2n) is 5.90. The predicted octanol–water partition coefficient (Wildman–Crippen LogP) is 3.39. The van der Waals surface area contributed by atoms with Gasteiger partial charge in [-0.2, -0.15) is 11.8 Å². The molecule has 3 rings (SSSR count). The summed E-state index contributed by atoms with van der Waals surface area (Å²) >= 11 is 5.36. The molecule has 2 fully saturated rings. The Hall–Kier alpha value is -0.140. The van der Waals surface area contributed by atoms with Gasteiger partial charge in [0.25, 0.3) is 0 Å². The van der Waals surface area contributed by atoms with Crippen LogP contribution < -0.4 is 11.3 Å². The van der Waals surface area contributed by atoms with E-state index in [2.05, 4.69) is 21.4 Å². The van der Waals surface area contributed by atoms with E-state index in [1.807, 2.05) is 17.8 Å². The van der Waals surface area contributed by atoms with Crippen LogP contribution >= 0.6 is 27.7 Å². The molecule has 2 aliphatic rings. The Labute approximate surface area is 137 Å². The minimum atomic E-state index is -0.206. The zero-order chi connectivity index (χ0) is 14.9. The number of hydrogen-bond donors (Lipinski definition) is 2. The van der Waals surface area contributed by atoms with Gasteiger partial charge >= 0.3 is 0 Å². The van der Waals surface area contributed by atoms with Crippen LogP contribution in [-0.4, -0.2) is 23.7 Å². The second-order valence-corrected chi connectivity index (χ2v) is 7.92. The SMILES string of the molecule is NNC(c1cc(Br)ccc1F)C1CCOC2(CCSC2)C1. The molecule has 116 valence electrons. The van der Waals surface area contributed by atoms with Gasteiger partial charge in [0.2, 0.25) is 0 Å². The first-order valence-electron chi connectivity index (χ1n) is 7.26. The highest BCUT2D eigenvalue weighted by Gasteiger charge is 2.43. The van der Waals surface area contributed by atoms with E-state index in [4.69, 9.17) is 10.6 Å². The van der Waals surface area contributed by atoms with Crippen molar-refractivity contribution in [3.05, 3.63) is 34.1 Å². The Kier molecular flexibility index (Phi) is 4.90. The molecule has 0 aliphatic carbocycles. The molecule has 1 aromatic rings. The molecule has 0 radical (unpaired) electrons. The van der Waals surface area contributed by atoms with Crippen molar-refractivity contribution in [2.24, 2.45) is 11.8 Å². The second kappa shape index (κ2) is 6.54. The third-order valence-corrected chi connectivity index (χ3v) is 6.26. The maximum atomic E-state index is 14.2. The van der Waals surface area contributed by atoms with E-state index in [0.717, 1.165) is 41.8 Å². The van der Waals surface area contributed by atoms with E-state index in [1.54, 1.807) is 6.07 Å². The summed E-state index contributed by atoms with van der Waals surface area (Å²) in [5.41, 5.74) is 3.46. The van der Waals surface area contributed by atoms with Crippen molar-refractivity contribution in [3.63, 3.8) is 0 Å². The van der Waals surface area contributed by atoms with Crippen LogP contribution in [0, 0.1) is 11.7 Å². The van der Waals surface area contributed by atoms with Crippen LogP contribution in [-0.2, 0) is 4.74 Å². The molecular formula is C15H20BrFN2OS. The number of nitrogens with two attached hydrogens (primary N) is 1. The Bertz CT molecular complexity index is 510. The number of rotatable bonds is 3. The highest BCUT2D eigenvalue weighted by Crippen LogP contribution is 2.44. The maximum Gasteiger partial charge on any atom is 0.128 e. The van der Waals surface area contributed by atoms with E-state index >= 15 is 0 Å². The summed E-state index contributed by atoms with van der Waals surface area (Å²) in [5.74, 6) is 8.05. The van der Waals surface area contributed by atoms with Gasteiger partial charge in [0.1, 0.15) is 5.82 Å². The highest BCUT2D eigenvalue weighted by molar-refractivity contribution is 9.10. The minimum Gasteiger partial charge on any atom is -0.374 e. The Balaban J connectivity index is 1.84. The molecule has 2 heterocycles. The van der Waals surface area contributed by atoms with E-state index in [1.165, 1.54) is 6.07 Å². The van der Waals surface area contributed by atoms with Crippen molar-refractivity contribution in [3.8, 4) is 0 Å². The van der Waals surface area contributed by atoms with E-state index in [-0.39, 0.29) is 17.5 Å². The minimum absolute atomic E-state index is 0.0226. The summed E-state index contributed by atoms with van der Waals surface area (Å²) in [6.45, 7) is 0.735. The third-order valence-electron chi connectivity index (χ3n) is 4.54. The largest absolute Gasteiger partial charge is 0.374 e. The van der Waals surface area contributed by atoms with Gasteiger partial charge in [-0.05, 0) is 49.1 Å². The number of benzene rings is 1. The van der Waals surface area contributed by atoms with Crippen LogP contribution in [0.2, 0.25) is 0 Å². The van der Waals surface area contributed by atoms with Crippen LogP contribution in [0.4, 0.5) is 4.39 Å². The van der Waals surface area contributed by atoms with E-state index in [9.17, 15) is 4.39 Å². The number of thioether (sulfide) groups is 1. The Morgan fingerprint density at radius 3 is 3.10 bits per heavy atom.